The summed E-state index contributed by atoms with van der Waals surface area (Å²) in [4.78, 5) is 80.9. The van der Waals surface area contributed by atoms with E-state index in [2.05, 4.69) is 39.6 Å². The zero-order valence-corrected chi connectivity index (χ0v) is 33.3. The lowest BCUT2D eigenvalue weighted by Crippen LogP contribution is -2.46. The molecule has 0 saturated carbocycles. The molecular weight excluding hydrogens is 801 g/mol. The Morgan fingerprint density at radius 3 is 2.29 bits per heavy atom. The van der Waals surface area contributed by atoms with Crippen LogP contribution in [0.1, 0.15) is 60.6 Å². The normalized spacial score (nSPS) is 22.5. The number of hydrogen-bond donors (Lipinski definition) is 9. The number of anilines is 1. The number of hydrogen-bond acceptors (Lipinski definition) is 18. The average molecular weight is 849 g/mol. The van der Waals surface area contributed by atoms with Crippen LogP contribution in [0.3, 0.4) is 0 Å². The molecule has 3 heterocycles. The van der Waals surface area contributed by atoms with Gasteiger partial charge in [0, 0.05) is 31.3 Å². The van der Waals surface area contributed by atoms with Crippen LogP contribution in [0.2, 0.25) is 0 Å². The summed E-state index contributed by atoms with van der Waals surface area (Å²) in [6.07, 6.45) is -6.43. The van der Waals surface area contributed by atoms with Crippen molar-refractivity contribution in [3.8, 4) is 0 Å². The smallest absolute Gasteiger partial charge is 0.390 e. The van der Waals surface area contributed by atoms with Crippen molar-refractivity contribution in [1.82, 2.24) is 30.2 Å². The number of oxime groups is 1. The fourth-order valence-corrected chi connectivity index (χ4v) is 7.41. The van der Waals surface area contributed by atoms with Gasteiger partial charge in [-0.05, 0) is 27.7 Å². The summed E-state index contributed by atoms with van der Waals surface area (Å²) in [7, 11) is -16.4. The van der Waals surface area contributed by atoms with Crippen molar-refractivity contribution in [2.24, 2.45) is 10.6 Å². The Bertz CT molecular complexity index is 1830. The average Bonchev–Trinajstić information content (AvgIpc) is 3.61. The second-order valence-electron chi connectivity index (χ2n) is 13.8. The van der Waals surface area contributed by atoms with Gasteiger partial charge in [0.2, 0.25) is 11.8 Å². The van der Waals surface area contributed by atoms with Crippen molar-refractivity contribution in [2.75, 3.05) is 32.0 Å². The number of imidazole rings is 1. The first-order valence-corrected chi connectivity index (χ1v) is 20.8. The minimum Gasteiger partial charge on any atom is -0.390 e. The van der Waals surface area contributed by atoms with Crippen LogP contribution in [-0.4, -0.2) is 123 Å². The number of nitrogens with two attached hydrogens (primary N) is 1. The van der Waals surface area contributed by atoms with E-state index in [1.807, 2.05) is 20.8 Å². The number of nitrogen functional groups attached to an aromatic ring is 1. The first-order chi connectivity index (χ1) is 25.2. The number of nitrogens with zero attached hydrogens (tertiary/aromatic N) is 5. The molecule has 10 N–H and O–H groups in total. The topological polar surface area (TPSA) is 368 Å². The molecule has 28 heteroatoms. The predicted octanol–water partition coefficient (Wildman–Crippen LogP) is -0.0140. The molecule has 7 atom stereocenters. The van der Waals surface area contributed by atoms with Crippen LogP contribution in [0.25, 0.3) is 11.2 Å². The first-order valence-electron chi connectivity index (χ1n) is 16.3. The summed E-state index contributed by atoms with van der Waals surface area (Å²) in [6.45, 7) is 7.86. The van der Waals surface area contributed by atoms with Gasteiger partial charge in [-0.3, -0.25) is 27.7 Å². The minimum atomic E-state index is -5.56. The molecule has 55 heavy (non-hydrogen) atoms. The maximum absolute atomic E-state index is 12.7. The molecule has 1 aliphatic heterocycles. The van der Waals surface area contributed by atoms with Crippen molar-refractivity contribution >= 4 is 58.0 Å². The minimum absolute atomic E-state index is 0.0338. The van der Waals surface area contributed by atoms with Gasteiger partial charge in [-0.2, -0.15) is 4.31 Å². The van der Waals surface area contributed by atoms with E-state index in [0.29, 0.717) is 12.1 Å². The number of aliphatic hydroxyl groups is 2. The molecule has 1 aliphatic rings. The molecule has 6 unspecified atom stereocenters. The Labute approximate surface area is 314 Å². The molecule has 1 fully saturated rings. The molecule has 312 valence electrons. The van der Waals surface area contributed by atoms with Crippen LogP contribution in [0.15, 0.2) is 17.8 Å². The van der Waals surface area contributed by atoms with Crippen LogP contribution in [0.5, 0.6) is 0 Å². The first kappa shape index (κ1) is 46.4. The van der Waals surface area contributed by atoms with E-state index in [1.54, 1.807) is 6.92 Å². The van der Waals surface area contributed by atoms with E-state index in [0.717, 1.165) is 17.2 Å². The highest BCUT2D eigenvalue weighted by atomic mass is 31.3. The van der Waals surface area contributed by atoms with Crippen molar-refractivity contribution < 1.29 is 80.5 Å². The van der Waals surface area contributed by atoms with Crippen molar-refractivity contribution in [2.45, 2.75) is 90.6 Å². The molecule has 3 rings (SSSR count). The summed E-state index contributed by atoms with van der Waals surface area (Å²) < 4.78 is 62.1. The monoisotopic (exact) mass is 848 g/mol. The molecule has 0 spiro atoms. The lowest BCUT2D eigenvalue weighted by Gasteiger charge is -2.30. The summed E-state index contributed by atoms with van der Waals surface area (Å²) in [5.74, 6) is -1.40. The SMILES string of the molecule is C/C(CCNC(=O)CCNC(=O)[C@@H](O)C(C)(C)COP(=O)(O)OP(=O)(O)OCC1OC(n2cnc3c(N)ncnc32)C(O)C1OP(=O)(O)O)=N\OC(C)(C)C. The van der Waals surface area contributed by atoms with Gasteiger partial charge in [-0.25, -0.2) is 28.6 Å². The van der Waals surface area contributed by atoms with Crippen LogP contribution >= 0.6 is 23.5 Å². The highest BCUT2D eigenvalue weighted by Crippen LogP contribution is 2.61. The second-order valence-corrected chi connectivity index (χ2v) is 18.1. The van der Waals surface area contributed by atoms with Crippen LogP contribution in [-0.2, 0) is 50.7 Å². The third kappa shape index (κ3) is 14.5. The largest absolute Gasteiger partial charge is 0.481 e. The Balaban J connectivity index is 1.51. The number of nitrogens with one attached hydrogen (secondary N) is 2. The van der Waals surface area contributed by atoms with E-state index in [1.165, 1.54) is 13.8 Å². The number of phosphoric ester groups is 3. The number of ether oxygens (including phenoxy) is 1. The van der Waals surface area contributed by atoms with Crippen LogP contribution in [0.4, 0.5) is 5.82 Å². The van der Waals surface area contributed by atoms with Gasteiger partial charge in [-0.1, -0.05) is 19.0 Å². The predicted molar refractivity (Wildman–Crippen MR) is 188 cm³/mol. The van der Waals surface area contributed by atoms with E-state index >= 15 is 0 Å². The van der Waals surface area contributed by atoms with Gasteiger partial charge >= 0.3 is 23.5 Å². The second kappa shape index (κ2) is 18.5. The van der Waals surface area contributed by atoms with E-state index in [9.17, 15) is 53.1 Å². The molecule has 0 aliphatic carbocycles. The summed E-state index contributed by atoms with van der Waals surface area (Å²) in [6, 6.07) is 0. The number of aliphatic hydroxyl groups excluding tert-OH is 2. The maximum atomic E-state index is 12.7. The van der Waals surface area contributed by atoms with Crippen LogP contribution in [0, 0.1) is 5.41 Å². The zero-order chi connectivity index (χ0) is 41.6. The lowest BCUT2D eigenvalue weighted by atomic mass is 9.87. The van der Waals surface area contributed by atoms with E-state index < -0.39 is 90.2 Å². The molecule has 25 nitrogen and oxygen atoms in total. The molecular formula is C27H47N8O17P3. The lowest BCUT2D eigenvalue weighted by molar-refractivity contribution is -0.137. The number of aromatic nitrogens is 4. The Kier molecular flexibility index (Phi) is 15.6. The van der Waals surface area contributed by atoms with E-state index in [4.69, 9.17) is 24.4 Å². The molecule has 2 aromatic rings. The van der Waals surface area contributed by atoms with Gasteiger partial charge in [0.25, 0.3) is 0 Å². The standard InChI is InChI=1S/C27H47N8O17P3/c1-15(34-51-26(2,3)4)7-9-29-17(36)8-10-30-24(39)21(38)27(5,6)12-48-55(45,46)52-54(43,44)47-11-16-20(50-53(40,41)42)19(37)25(49-16)35-14-33-18-22(28)31-13-32-23(18)35/h13-14,16,19-21,25,37-38H,7-12H2,1-6H3,(H,29,36)(H,30,39)(H,43,44)(H,45,46)(H2,28,31,32)(H2,40,41,42)/b34-15+/t16?,19?,20?,21-,25?/m1/s1. The van der Waals surface area contributed by atoms with Gasteiger partial charge < -0.3 is 55.7 Å². The third-order valence-corrected chi connectivity index (χ3v) is 10.5. The zero-order valence-electron chi connectivity index (χ0n) is 30.6. The fraction of sp³-hybridized carbons (Fsp3) is 0.704. The number of fused-ring (bicyclic) bond motifs is 1. The fourth-order valence-electron chi connectivity index (χ4n) is 4.58. The molecule has 0 aromatic carbocycles. The van der Waals surface area contributed by atoms with Gasteiger partial charge in [-0.15, -0.1) is 0 Å². The summed E-state index contributed by atoms with van der Waals surface area (Å²) >= 11 is 0. The number of rotatable bonds is 20. The van der Waals surface area contributed by atoms with Crippen molar-refractivity contribution in [3.05, 3.63) is 12.7 Å². The van der Waals surface area contributed by atoms with Crippen LogP contribution < -0.4 is 16.4 Å². The molecule has 2 aromatic heterocycles. The maximum Gasteiger partial charge on any atom is 0.481 e. The Morgan fingerprint density at radius 2 is 1.65 bits per heavy atom. The number of amides is 2. The number of carbonyl (C=O) groups excluding carboxylic acids is 2. The molecule has 2 amide bonds. The summed E-state index contributed by atoms with van der Waals surface area (Å²) in [5, 5.41) is 30.4. The van der Waals surface area contributed by atoms with Crippen molar-refractivity contribution in [1.29, 1.82) is 0 Å². The number of carbonyl (C=O) groups is 2. The molecule has 0 bridgehead atoms. The number of phosphoric acid groups is 3. The highest BCUT2D eigenvalue weighted by Gasteiger charge is 2.50. The Hall–Kier alpha value is -2.99. The summed E-state index contributed by atoms with van der Waals surface area (Å²) in [5.41, 5.74) is 4.48. The van der Waals surface area contributed by atoms with Gasteiger partial charge in [0.1, 0.15) is 41.9 Å². The van der Waals surface area contributed by atoms with E-state index in [-0.39, 0.29) is 36.5 Å². The quantitative estimate of drug-likeness (QED) is 0.0480. The molecule has 1 saturated heterocycles. The third-order valence-electron chi connectivity index (χ3n) is 7.36. The van der Waals surface area contributed by atoms with Gasteiger partial charge in [0.05, 0.1) is 25.3 Å². The Morgan fingerprint density at radius 1 is 1.02 bits per heavy atom. The molecule has 0 radical (unpaired) electrons. The highest BCUT2D eigenvalue weighted by molar-refractivity contribution is 7.61. The van der Waals surface area contributed by atoms with Gasteiger partial charge in [0.15, 0.2) is 17.7 Å². The van der Waals surface area contributed by atoms with Crippen molar-refractivity contribution in [3.63, 3.8) is 0 Å².